The summed E-state index contributed by atoms with van der Waals surface area (Å²) in [7, 11) is 0. The van der Waals surface area contributed by atoms with Gasteiger partial charge in [0.1, 0.15) is 0 Å². The number of carbonyl (C=O) groups is 1. The maximum Gasteiger partial charge on any atom is 0.194 e. The van der Waals surface area contributed by atoms with Gasteiger partial charge in [0.2, 0.25) is 0 Å². The van der Waals surface area contributed by atoms with Crippen molar-refractivity contribution in [3.05, 3.63) is 58.1 Å². The monoisotopic (exact) mass is 274 g/mol. The lowest BCUT2D eigenvalue weighted by Gasteiger charge is -2.15. The molecule has 2 heteroatoms. The Morgan fingerprint density at radius 2 is 1.89 bits per heavy atom. The zero-order chi connectivity index (χ0) is 14.6. The fourth-order valence-corrected chi connectivity index (χ4v) is 2.39. The first kappa shape index (κ1) is 15.8. The normalized spacial score (nSPS) is 19.7. The lowest BCUT2D eigenvalue weighted by molar-refractivity contribution is -0.111. The molecule has 0 aromatic carbocycles. The summed E-state index contributed by atoms with van der Waals surface area (Å²) in [6.07, 6.45) is 11.7. The van der Waals surface area contributed by atoms with Gasteiger partial charge in [-0.3, -0.25) is 4.79 Å². The van der Waals surface area contributed by atoms with Crippen molar-refractivity contribution in [2.24, 2.45) is 5.41 Å². The largest absolute Gasteiger partial charge is 0.289 e. The first-order valence-electron chi connectivity index (χ1n) is 6.48. The lowest BCUT2D eigenvalue weighted by atomic mass is 9.89. The maximum atomic E-state index is 12.6. The van der Waals surface area contributed by atoms with Crippen molar-refractivity contribution in [3.63, 3.8) is 0 Å². The highest BCUT2D eigenvalue weighted by atomic mass is 32.1. The van der Waals surface area contributed by atoms with Gasteiger partial charge in [0, 0.05) is 21.5 Å². The molecule has 0 aromatic heterocycles. The van der Waals surface area contributed by atoms with Gasteiger partial charge in [0.05, 0.1) is 0 Å². The zero-order valence-electron chi connectivity index (χ0n) is 12.3. The second-order valence-corrected chi connectivity index (χ2v) is 5.78. The number of rotatable bonds is 3. The van der Waals surface area contributed by atoms with E-state index in [-0.39, 0.29) is 11.2 Å². The topological polar surface area (TPSA) is 17.1 Å². The van der Waals surface area contributed by atoms with Crippen LogP contribution in [-0.2, 0) is 4.79 Å². The van der Waals surface area contributed by atoms with Crippen LogP contribution < -0.4 is 0 Å². The third kappa shape index (κ3) is 3.84. The second kappa shape index (κ2) is 6.25. The quantitative estimate of drug-likeness (QED) is 0.444. The first-order valence-corrected chi connectivity index (χ1v) is 6.93. The average molecular weight is 274 g/mol. The van der Waals surface area contributed by atoms with Crippen LogP contribution in [0.3, 0.4) is 0 Å². The molecule has 1 aliphatic rings. The molecule has 0 fully saturated rings. The van der Waals surface area contributed by atoms with Gasteiger partial charge in [0.15, 0.2) is 5.78 Å². The number of Topliss-reactive ketones (excluding diaryl/α,β-unsaturated/α-hetero) is 1. The van der Waals surface area contributed by atoms with Gasteiger partial charge in [-0.1, -0.05) is 50.3 Å². The summed E-state index contributed by atoms with van der Waals surface area (Å²) >= 11 is 4.36. The van der Waals surface area contributed by atoms with Crippen LogP contribution in [0.25, 0.3) is 0 Å². The number of allylic oxidation sites excluding steroid dienone is 9. The number of carbonyl (C=O) groups excluding carboxylic acids is 1. The molecule has 0 radical (unpaired) electrons. The van der Waals surface area contributed by atoms with Crippen LogP contribution in [0, 0.1) is 5.41 Å². The minimum absolute atomic E-state index is 0.0247. The molecule has 0 spiro atoms. The van der Waals surface area contributed by atoms with Gasteiger partial charge in [0.25, 0.3) is 0 Å². The molecule has 1 rings (SSSR count). The minimum atomic E-state index is -0.0247. The molecular weight excluding hydrogens is 252 g/mol. The molecule has 0 aliphatic heterocycles. The van der Waals surface area contributed by atoms with Gasteiger partial charge < -0.3 is 0 Å². The van der Waals surface area contributed by atoms with E-state index in [0.29, 0.717) is 10.5 Å². The fourth-order valence-electron chi connectivity index (χ4n) is 2.16. The Balaban J connectivity index is 3.21. The second-order valence-electron chi connectivity index (χ2n) is 5.29. The number of thiol groups is 1. The van der Waals surface area contributed by atoms with Crippen LogP contribution in [0.1, 0.15) is 34.6 Å². The highest BCUT2D eigenvalue weighted by molar-refractivity contribution is 7.84. The van der Waals surface area contributed by atoms with Gasteiger partial charge in [-0.05, 0) is 26.3 Å². The van der Waals surface area contributed by atoms with Crippen molar-refractivity contribution in [1.29, 1.82) is 0 Å². The van der Waals surface area contributed by atoms with E-state index in [1.54, 1.807) is 0 Å². The molecule has 0 atom stereocenters. The molecule has 1 nitrogen and oxygen atoms in total. The van der Waals surface area contributed by atoms with E-state index < -0.39 is 0 Å². The van der Waals surface area contributed by atoms with Crippen molar-refractivity contribution in [1.82, 2.24) is 0 Å². The summed E-state index contributed by atoms with van der Waals surface area (Å²) in [5, 5.41) is 0. The standard InChI is InChI=1S/C17H22OS/c1-6-13(15(19)7-2)16(18)14-9-8-10-17(4,5)11-12(14)3/h6-11,19H,1-5H3/b13-6+,15-7+. The lowest BCUT2D eigenvalue weighted by Crippen LogP contribution is -2.09. The summed E-state index contributed by atoms with van der Waals surface area (Å²) in [5.41, 5.74) is 2.38. The maximum absolute atomic E-state index is 12.6. The van der Waals surface area contributed by atoms with E-state index in [1.807, 2.05) is 45.1 Å². The minimum Gasteiger partial charge on any atom is -0.289 e. The van der Waals surface area contributed by atoms with E-state index in [4.69, 9.17) is 0 Å². The third-order valence-corrected chi connectivity index (χ3v) is 3.63. The van der Waals surface area contributed by atoms with Crippen LogP contribution in [0.4, 0.5) is 0 Å². The highest BCUT2D eigenvalue weighted by Gasteiger charge is 2.21. The van der Waals surface area contributed by atoms with Gasteiger partial charge in [-0.15, -0.1) is 12.6 Å². The Bertz CT molecular complexity index is 525. The summed E-state index contributed by atoms with van der Waals surface area (Å²) < 4.78 is 0. The molecule has 0 amide bonds. The van der Waals surface area contributed by atoms with Crippen LogP contribution in [0.2, 0.25) is 0 Å². The Kier molecular flexibility index (Phi) is 5.19. The molecule has 0 aromatic rings. The molecule has 0 heterocycles. The molecule has 0 saturated heterocycles. The van der Waals surface area contributed by atoms with Gasteiger partial charge in [-0.2, -0.15) is 0 Å². The Hall–Kier alpha value is -1.28. The number of ketones is 1. The first-order chi connectivity index (χ1) is 8.82. The van der Waals surface area contributed by atoms with Crippen molar-refractivity contribution >= 4 is 18.4 Å². The van der Waals surface area contributed by atoms with E-state index in [0.717, 1.165) is 11.1 Å². The number of hydrogen-bond donors (Lipinski definition) is 1. The SMILES string of the molecule is C/C=C(C(=O)C1=CC=CC(C)(C)C=C1C)\C(S)=C/C. The smallest absolute Gasteiger partial charge is 0.194 e. The summed E-state index contributed by atoms with van der Waals surface area (Å²) in [6.45, 7) is 9.98. The fraction of sp³-hybridized carbons (Fsp3) is 0.353. The van der Waals surface area contributed by atoms with Crippen LogP contribution in [0.15, 0.2) is 58.1 Å². The van der Waals surface area contributed by atoms with Crippen molar-refractivity contribution in [2.45, 2.75) is 34.6 Å². The van der Waals surface area contributed by atoms with Crippen LogP contribution in [0.5, 0.6) is 0 Å². The third-order valence-electron chi connectivity index (χ3n) is 3.13. The molecule has 102 valence electrons. The molecular formula is C17H22OS. The predicted molar refractivity (Wildman–Crippen MR) is 86.3 cm³/mol. The Labute approximate surface area is 121 Å². The molecule has 0 N–H and O–H groups in total. The van der Waals surface area contributed by atoms with Crippen molar-refractivity contribution < 1.29 is 4.79 Å². The molecule has 0 bridgehead atoms. The Morgan fingerprint density at radius 3 is 2.42 bits per heavy atom. The van der Waals surface area contributed by atoms with Gasteiger partial charge in [-0.25, -0.2) is 0 Å². The van der Waals surface area contributed by atoms with E-state index in [2.05, 4.69) is 38.6 Å². The summed E-state index contributed by atoms with van der Waals surface area (Å²) in [6, 6.07) is 0. The highest BCUT2D eigenvalue weighted by Crippen LogP contribution is 2.30. The predicted octanol–water partition coefficient (Wildman–Crippen LogP) is 4.80. The Morgan fingerprint density at radius 1 is 1.26 bits per heavy atom. The van der Waals surface area contributed by atoms with Crippen LogP contribution in [-0.4, -0.2) is 5.78 Å². The van der Waals surface area contributed by atoms with E-state index in [9.17, 15) is 4.79 Å². The van der Waals surface area contributed by atoms with E-state index in [1.165, 1.54) is 0 Å². The zero-order valence-corrected chi connectivity index (χ0v) is 13.2. The van der Waals surface area contributed by atoms with Crippen LogP contribution >= 0.6 is 12.6 Å². The summed E-state index contributed by atoms with van der Waals surface area (Å²) in [5.74, 6) is 0.0294. The molecule has 0 saturated carbocycles. The van der Waals surface area contributed by atoms with Crippen molar-refractivity contribution in [3.8, 4) is 0 Å². The molecule has 19 heavy (non-hydrogen) atoms. The molecule has 1 aliphatic carbocycles. The summed E-state index contributed by atoms with van der Waals surface area (Å²) in [4.78, 5) is 13.3. The van der Waals surface area contributed by atoms with Gasteiger partial charge >= 0.3 is 0 Å². The van der Waals surface area contributed by atoms with Crippen molar-refractivity contribution in [2.75, 3.05) is 0 Å². The van der Waals surface area contributed by atoms with E-state index >= 15 is 0 Å². The molecule has 0 unspecified atom stereocenters. The number of hydrogen-bond acceptors (Lipinski definition) is 2. The average Bonchev–Trinajstić information content (AvgIpc) is 2.46.